The number of ether oxygens (including phenoxy) is 1. The van der Waals surface area contributed by atoms with Crippen LogP contribution in [0, 0.1) is 0 Å². The number of nitrogens with one attached hydrogen (secondary N) is 2. The molecule has 136 valence electrons. The van der Waals surface area contributed by atoms with Crippen LogP contribution in [0.3, 0.4) is 0 Å². The highest BCUT2D eigenvalue weighted by molar-refractivity contribution is 6.06. The van der Waals surface area contributed by atoms with Gasteiger partial charge in [0.15, 0.2) is 0 Å². The normalized spacial score (nSPS) is 10.6. The van der Waals surface area contributed by atoms with E-state index in [1.54, 1.807) is 61.7 Å². The number of benzene rings is 2. The van der Waals surface area contributed by atoms with Crippen molar-refractivity contribution in [1.82, 2.24) is 0 Å². The van der Waals surface area contributed by atoms with E-state index in [0.717, 1.165) is 0 Å². The number of anilines is 2. The lowest BCUT2D eigenvalue weighted by atomic mass is 10.2. The molecule has 1 aromatic heterocycles. The molecule has 1 heterocycles. The molecule has 0 aliphatic carbocycles. The molecule has 0 fully saturated rings. The topological polar surface area (TPSA) is 80.6 Å². The molecule has 2 aromatic carbocycles. The van der Waals surface area contributed by atoms with Crippen molar-refractivity contribution in [2.75, 3.05) is 17.7 Å². The molecule has 0 saturated carbocycles. The lowest BCUT2D eigenvalue weighted by Gasteiger charge is -2.10. The Balaban J connectivity index is 1.61. The van der Waals surface area contributed by atoms with Gasteiger partial charge in [-0.1, -0.05) is 12.1 Å². The first-order valence-corrected chi connectivity index (χ1v) is 8.23. The average Bonchev–Trinajstić information content (AvgIpc) is 3.21. The van der Waals surface area contributed by atoms with E-state index in [1.807, 2.05) is 12.1 Å². The van der Waals surface area contributed by atoms with Crippen molar-refractivity contribution in [3.8, 4) is 5.75 Å². The minimum absolute atomic E-state index is 0.268. The highest BCUT2D eigenvalue weighted by Gasteiger charge is 2.09. The molecule has 0 atom stereocenters. The Hall–Kier alpha value is -3.80. The number of hydrogen-bond acceptors (Lipinski definition) is 4. The number of carbonyl (C=O) groups is 2. The number of para-hydroxylation sites is 2. The molecule has 0 unspecified atom stereocenters. The maximum atomic E-state index is 12.4. The van der Waals surface area contributed by atoms with Crippen molar-refractivity contribution in [1.29, 1.82) is 0 Å². The number of amides is 2. The molecule has 27 heavy (non-hydrogen) atoms. The first kappa shape index (κ1) is 18.0. The Bertz CT molecular complexity index is 945. The second-order valence-corrected chi connectivity index (χ2v) is 5.57. The van der Waals surface area contributed by atoms with Gasteiger partial charge in [0.2, 0.25) is 5.91 Å². The quantitative estimate of drug-likeness (QED) is 0.644. The fourth-order valence-corrected chi connectivity index (χ4v) is 2.38. The number of carbonyl (C=O) groups excluding carboxylic acids is 2. The lowest BCUT2D eigenvalue weighted by Crippen LogP contribution is -2.13. The van der Waals surface area contributed by atoms with Crippen molar-refractivity contribution < 1.29 is 18.7 Å². The molecule has 3 rings (SSSR count). The molecule has 0 bridgehead atoms. The zero-order valence-electron chi connectivity index (χ0n) is 14.6. The summed E-state index contributed by atoms with van der Waals surface area (Å²) in [6.07, 6.45) is 4.48. The molecule has 0 aliphatic rings. The molecule has 2 amide bonds. The van der Waals surface area contributed by atoms with Gasteiger partial charge in [-0.3, -0.25) is 9.59 Å². The first-order valence-electron chi connectivity index (χ1n) is 8.23. The summed E-state index contributed by atoms with van der Waals surface area (Å²) in [5.41, 5.74) is 1.63. The molecule has 0 saturated heterocycles. The Kier molecular flexibility index (Phi) is 5.69. The Labute approximate surface area is 156 Å². The van der Waals surface area contributed by atoms with Crippen LogP contribution in [-0.4, -0.2) is 18.9 Å². The number of rotatable bonds is 6. The first-order chi connectivity index (χ1) is 13.2. The molecule has 2 N–H and O–H groups in total. The van der Waals surface area contributed by atoms with Crippen LogP contribution in [-0.2, 0) is 4.79 Å². The maximum Gasteiger partial charge on any atom is 0.255 e. The predicted molar refractivity (Wildman–Crippen MR) is 104 cm³/mol. The van der Waals surface area contributed by atoms with E-state index >= 15 is 0 Å². The van der Waals surface area contributed by atoms with Gasteiger partial charge >= 0.3 is 0 Å². The molecule has 0 radical (unpaired) electrons. The molecular formula is C21H18N2O4. The molecule has 6 nitrogen and oxygen atoms in total. The number of hydrogen-bond donors (Lipinski definition) is 2. The second kappa shape index (κ2) is 8.53. The zero-order valence-corrected chi connectivity index (χ0v) is 14.6. The van der Waals surface area contributed by atoms with Crippen LogP contribution in [0.4, 0.5) is 11.4 Å². The van der Waals surface area contributed by atoms with Gasteiger partial charge in [0.25, 0.3) is 5.91 Å². The zero-order chi connectivity index (χ0) is 19.1. The van der Waals surface area contributed by atoms with Crippen LogP contribution in [0.1, 0.15) is 16.1 Å². The molecule has 0 spiro atoms. The van der Waals surface area contributed by atoms with Crippen molar-refractivity contribution in [2.45, 2.75) is 0 Å². The summed E-state index contributed by atoms with van der Waals surface area (Å²) in [5.74, 6) is 0.610. The van der Waals surface area contributed by atoms with E-state index in [2.05, 4.69) is 10.6 Å². The van der Waals surface area contributed by atoms with Gasteiger partial charge in [0.05, 0.1) is 19.1 Å². The fraction of sp³-hybridized carbons (Fsp3) is 0.0476. The third-order valence-electron chi connectivity index (χ3n) is 3.71. The van der Waals surface area contributed by atoms with E-state index in [0.29, 0.717) is 28.4 Å². The summed E-state index contributed by atoms with van der Waals surface area (Å²) in [4.78, 5) is 24.3. The van der Waals surface area contributed by atoms with Gasteiger partial charge in [0.1, 0.15) is 11.5 Å². The van der Waals surface area contributed by atoms with Gasteiger partial charge in [-0.05, 0) is 54.6 Å². The van der Waals surface area contributed by atoms with E-state index in [4.69, 9.17) is 9.15 Å². The van der Waals surface area contributed by atoms with Gasteiger partial charge < -0.3 is 19.8 Å². The van der Waals surface area contributed by atoms with Crippen molar-refractivity contribution in [3.63, 3.8) is 0 Å². The monoisotopic (exact) mass is 362 g/mol. The minimum Gasteiger partial charge on any atom is -0.495 e. The fourth-order valence-electron chi connectivity index (χ4n) is 2.38. The minimum atomic E-state index is -0.294. The van der Waals surface area contributed by atoms with Gasteiger partial charge in [-0.25, -0.2) is 0 Å². The maximum absolute atomic E-state index is 12.4. The van der Waals surface area contributed by atoms with E-state index in [9.17, 15) is 9.59 Å². The summed E-state index contributed by atoms with van der Waals surface area (Å²) in [6, 6.07) is 17.3. The SMILES string of the molecule is COc1ccccc1NC(=O)c1ccc(NC(=O)/C=C/c2ccco2)cc1. The third kappa shape index (κ3) is 4.85. The smallest absolute Gasteiger partial charge is 0.255 e. The summed E-state index contributed by atoms with van der Waals surface area (Å²) >= 11 is 0. The summed E-state index contributed by atoms with van der Waals surface area (Å²) in [7, 11) is 1.54. The average molecular weight is 362 g/mol. The van der Waals surface area contributed by atoms with Crippen LogP contribution < -0.4 is 15.4 Å². The van der Waals surface area contributed by atoms with Crippen LogP contribution in [0.25, 0.3) is 6.08 Å². The third-order valence-corrected chi connectivity index (χ3v) is 3.71. The molecular weight excluding hydrogens is 344 g/mol. The Morgan fingerprint density at radius 3 is 2.44 bits per heavy atom. The highest BCUT2D eigenvalue weighted by Crippen LogP contribution is 2.23. The largest absolute Gasteiger partial charge is 0.495 e. The van der Waals surface area contributed by atoms with E-state index in [1.165, 1.54) is 12.3 Å². The van der Waals surface area contributed by atoms with Crippen LogP contribution >= 0.6 is 0 Å². The summed E-state index contributed by atoms with van der Waals surface area (Å²) < 4.78 is 10.3. The van der Waals surface area contributed by atoms with Crippen molar-refractivity contribution >= 4 is 29.3 Å². The van der Waals surface area contributed by atoms with Gasteiger partial charge in [-0.15, -0.1) is 0 Å². The Morgan fingerprint density at radius 2 is 1.74 bits per heavy atom. The van der Waals surface area contributed by atoms with Gasteiger partial charge in [-0.2, -0.15) is 0 Å². The van der Waals surface area contributed by atoms with Crippen molar-refractivity contribution in [3.05, 3.63) is 84.3 Å². The second-order valence-electron chi connectivity index (χ2n) is 5.57. The highest BCUT2D eigenvalue weighted by atomic mass is 16.5. The van der Waals surface area contributed by atoms with E-state index in [-0.39, 0.29) is 11.8 Å². The predicted octanol–water partition coefficient (Wildman–Crippen LogP) is 4.19. The summed E-state index contributed by atoms with van der Waals surface area (Å²) in [6.45, 7) is 0. The van der Waals surface area contributed by atoms with E-state index < -0.39 is 0 Å². The molecule has 3 aromatic rings. The number of methoxy groups -OCH3 is 1. The summed E-state index contributed by atoms with van der Waals surface area (Å²) in [5, 5.41) is 5.52. The number of furan rings is 1. The van der Waals surface area contributed by atoms with Gasteiger partial charge in [0, 0.05) is 17.3 Å². The van der Waals surface area contributed by atoms with Crippen LogP contribution in [0.2, 0.25) is 0 Å². The molecule has 6 heteroatoms. The lowest BCUT2D eigenvalue weighted by molar-refractivity contribution is -0.111. The molecule has 0 aliphatic heterocycles. The standard InChI is InChI=1S/C21H18N2O4/c1-26-19-7-3-2-6-18(19)23-21(25)15-8-10-16(11-9-15)22-20(24)13-12-17-5-4-14-27-17/h2-14H,1H3,(H,22,24)(H,23,25)/b13-12+. The van der Waals surface area contributed by atoms with Crippen LogP contribution in [0.5, 0.6) is 5.75 Å². The van der Waals surface area contributed by atoms with Crippen LogP contribution in [0.15, 0.2) is 77.4 Å². The van der Waals surface area contributed by atoms with Crippen molar-refractivity contribution in [2.24, 2.45) is 0 Å². The Morgan fingerprint density at radius 1 is 0.963 bits per heavy atom.